The van der Waals surface area contributed by atoms with Crippen molar-refractivity contribution in [2.24, 2.45) is 0 Å². The summed E-state index contributed by atoms with van der Waals surface area (Å²) in [6.07, 6.45) is -14.4. The molecule has 137 valence electrons. The second-order valence-electron chi connectivity index (χ2n) is 3.98. The lowest BCUT2D eigenvalue weighted by atomic mass is 10.1. The van der Waals surface area contributed by atoms with Crippen LogP contribution in [-0.4, -0.2) is 24.1 Å². The van der Waals surface area contributed by atoms with E-state index in [1.807, 2.05) is 0 Å². The van der Waals surface area contributed by atoms with Crippen molar-refractivity contribution in [3.8, 4) is 5.75 Å². The number of alkyl halides is 9. The van der Waals surface area contributed by atoms with E-state index in [1.54, 1.807) is 0 Å². The van der Waals surface area contributed by atoms with Gasteiger partial charge in [-0.25, -0.2) is 13.2 Å². The molecule has 0 saturated carbocycles. The molecule has 0 heterocycles. The zero-order valence-corrected chi connectivity index (χ0v) is 10.3. The van der Waals surface area contributed by atoms with E-state index in [-0.39, 0.29) is 0 Å². The monoisotopic (exact) mass is 383 g/mol. The van der Waals surface area contributed by atoms with Gasteiger partial charge >= 0.3 is 24.1 Å². The molecule has 0 aliphatic rings. The predicted octanol–water partition coefficient (Wildman–Crippen LogP) is 4.85. The van der Waals surface area contributed by atoms with Crippen LogP contribution in [0, 0.1) is 29.3 Å². The molecular formula is C10F13O. The maximum Gasteiger partial charge on any atom is 0.467 e. The Labute approximate surface area is 122 Å². The van der Waals surface area contributed by atoms with Crippen LogP contribution in [0.3, 0.4) is 0 Å². The highest BCUT2D eigenvalue weighted by Gasteiger charge is 2.84. The van der Waals surface area contributed by atoms with Crippen LogP contribution in [0.15, 0.2) is 0 Å². The largest absolute Gasteiger partial charge is 0.467 e. The Balaban J connectivity index is 3.59. The molecule has 1 rings (SSSR count). The maximum absolute atomic E-state index is 13.5. The second kappa shape index (κ2) is 5.58. The third-order valence-corrected chi connectivity index (χ3v) is 2.37. The molecular weight excluding hydrogens is 383 g/mol. The average Bonchev–Trinajstić information content (AvgIpc) is 2.39. The SMILES string of the molecule is Fc1[c]c(OC(F)(C(F)(F)F)C(F)(F)C(F)(F)F)c(F)c(F)c1F. The average molecular weight is 383 g/mol. The van der Waals surface area contributed by atoms with Crippen LogP contribution in [0.1, 0.15) is 0 Å². The zero-order valence-electron chi connectivity index (χ0n) is 10.3. The van der Waals surface area contributed by atoms with Crippen molar-refractivity contribution in [1.29, 1.82) is 0 Å². The highest BCUT2D eigenvalue weighted by atomic mass is 19.4. The van der Waals surface area contributed by atoms with Gasteiger partial charge in [0, 0.05) is 0 Å². The van der Waals surface area contributed by atoms with E-state index in [1.165, 1.54) is 0 Å². The van der Waals surface area contributed by atoms with Crippen LogP contribution in [0.5, 0.6) is 5.75 Å². The molecule has 1 nitrogen and oxygen atoms in total. The van der Waals surface area contributed by atoms with Gasteiger partial charge in [-0.05, 0) is 0 Å². The molecule has 0 bridgehead atoms. The van der Waals surface area contributed by atoms with Gasteiger partial charge in [0.1, 0.15) is 0 Å². The van der Waals surface area contributed by atoms with E-state index in [4.69, 9.17) is 0 Å². The lowest BCUT2D eigenvalue weighted by Gasteiger charge is -2.35. The third kappa shape index (κ3) is 2.92. The normalized spacial score (nSPS) is 16.0. The minimum atomic E-state index is -7.33. The smallest absolute Gasteiger partial charge is 0.441 e. The van der Waals surface area contributed by atoms with Gasteiger partial charge in [0.25, 0.3) is 0 Å². The van der Waals surface area contributed by atoms with Crippen LogP contribution in [-0.2, 0) is 0 Å². The number of hydrogen-bond acceptors (Lipinski definition) is 1. The van der Waals surface area contributed by atoms with E-state index in [9.17, 15) is 57.1 Å². The summed E-state index contributed by atoms with van der Waals surface area (Å²) in [6.45, 7) is 0. The highest BCUT2D eigenvalue weighted by Crippen LogP contribution is 2.53. The molecule has 14 heteroatoms. The Hall–Kier alpha value is -1.89. The summed E-state index contributed by atoms with van der Waals surface area (Å²) in [5.41, 5.74) is 0. The Morgan fingerprint density at radius 3 is 1.46 bits per heavy atom. The van der Waals surface area contributed by atoms with Crippen molar-refractivity contribution in [3.05, 3.63) is 29.3 Å². The summed E-state index contributed by atoms with van der Waals surface area (Å²) in [7, 11) is 0. The van der Waals surface area contributed by atoms with Crippen LogP contribution < -0.4 is 4.74 Å². The number of halogens is 13. The number of ether oxygens (including phenoxy) is 1. The van der Waals surface area contributed by atoms with E-state index in [0.29, 0.717) is 6.07 Å². The fourth-order valence-electron chi connectivity index (χ4n) is 1.20. The van der Waals surface area contributed by atoms with Crippen LogP contribution in [0.25, 0.3) is 0 Å². The Bertz CT molecular complexity index is 631. The Morgan fingerprint density at radius 2 is 1.08 bits per heavy atom. The number of benzene rings is 1. The molecule has 0 N–H and O–H groups in total. The Morgan fingerprint density at radius 1 is 0.625 bits per heavy atom. The summed E-state index contributed by atoms with van der Waals surface area (Å²) in [4.78, 5) is 0. The first-order chi connectivity index (χ1) is 10.5. The maximum atomic E-state index is 13.5. The first-order valence-electron chi connectivity index (χ1n) is 5.12. The topological polar surface area (TPSA) is 9.23 Å². The minimum Gasteiger partial charge on any atom is -0.441 e. The summed E-state index contributed by atoms with van der Waals surface area (Å²) < 4.78 is 166. The predicted molar refractivity (Wildman–Crippen MR) is 46.6 cm³/mol. The fourth-order valence-corrected chi connectivity index (χ4v) is 1.20. The molecule has 1 aromatic carbocycles. The van der Waals surface area contributed by atoms with Gasteiger partial charge in [0.2, 0.25) is 11.6 Å². The fraction of sp³-hybridized carbons (Fsp3) is 0.400. The molecule has 0 aromatic heterocycles. The molecule has 1 unspecified atom stereocenters. The summed E-state index contributed by atoms with van der Waals surface area (Å²) in [5.74, 6) is -28.5. The van der Waals surface area contributed by atoms with Gasteiger partial charge in [-0.1, -0.05) is 0 Å². The minimum absolute atomic E-state index is 0.416. The first-order valence-corrected chi connectivity index (χ1v) is 5.12. The van der Waals surface area contributed by atoms with E-state index in [0.717, 1.165) is 0 Å². The van der Waals surface area contributed by atoms with Crippen molar-refractivity contribution in [3.63, 3.8) is 0 Å². The summed E-state index contributed by atoms with van der Waals surface area (Å²) in [6, 6.07) is 0.416. The molecule has 0 aliphatic carbocycles. The third-order valence-electron chi connectivity index (χ3n) is 2.37. The molecule has 1 radical (unpaired) electrons. The van der Waals surface area contributed by atoms with Gasteiger partial charge in [-0.2, -0.15) is 43.9 Å². The molecule has 0 aliphatic heterocycles. The molecule has 24 heavy (non-hydrogen) atoms. The van der Waals surface area contributed by atoms with Crippen LogP contribution in [0.4, 0.5) is 57.1 Å². The molecule has 1 atom stereocenters. The highest BCUT2D eigenvalue weighted by molar-refractivity contribution is 5.27. The van der Waals surface area contributed by atoms with E-state index >= 15 is 0 Å². The zero-order chi connectivity index (χ0) is 19.3. The standard InChI is InChI=1S/C10F13O/c11-2-1-3(5(13)6(14)4(2)12)24-8(17,10(21,22)23)7(15,16)9(18,19)20. The van der Waals surface area contributed by atoms with Gasteiger partial charge in [-0.3, -0.25) is 0 Å². The lowest BCUT2D eigenvalue weighted by Crippen LogP contribution is -2.65. The molecule has 0 spiro atoms. The van der Waals surface area contributed by atoms with E-state index in [2.05, 4.69) is 4.74 Å². The van der Waals surface area contributed by atoms with Crippen molar-refractivity contribution >= 4 is 0 Å². The van der Waals surface area contributed by atoms with Crippen molar-refractivity contribution in [1.82, 2.24) is 0 Å². The molecule has 1 aromatic rings. The Kier molecular flexibility index (Phi) is 4.69. The van der Waals surface area contributed by atoms with Gasteiger partial charge in [0.05, 0.1) is 6.07 Å². The van der Waals surface area contributed by atoms with Gasteiger partial charge in [0.15, 0.2) is 17.4 Å². The lowest BCUT2D eigenvalue weighted by molar-refractivity contribution is -0.432. The first kappa shape index (κ1) is 20.2. The second-order valence-corrected chi connectivity index (χ2v) is 3.98. The number of rotatable bonds is 3. The van der Waals surface area contributed by atoms with Gasteiger partial charge < -0.3 is 4.74 Å². The van der Waals surface area contributed by atoms with Crippen molar-refractivity contribution in [2.75, 3.05) is 0 Å². The van der Waals surface area contributed by atoms with Gasteiger partial charge in [-0.15, -0.1) is 0 Å². The van der Waals surface area contributed by atoms with Crippen molar-refractivity contribution in [2.45, 2.75) is 24.1 Å². The molecule has 0 fully saturated rings. The van der Waals surface area contributed by atoms with E-state index < -0.39 is 53.1 Å². The molecule has 0 saturated heterocycles. The molecule has 0 amide bonds. The van der Waals surface area contributed by atoms with Crippen LogP contribution >= 0.6 is 0 Å². The number of hydrogen-bond donors (Lipinski definition) is 0. The van der Waals surface area contributed by atoms with Crippen molar-refractivity contribution < 1.29 is 61.8 Å². The summed E-state index contributed by atoms with van der Waals surface area (Å²) >= 11 is 0. The van der Waals surface area contributed by atoms with Crippen LogP contribution in [0.2, 0.25) is 0 Å². The summed E-state index contributed by atoms with van der Waals surface area (Å²) in [5, 5.41) is 0. The quantitative estimate of drug-likeness (QED) is 0.412.